The number of aromatic carboxylic acids is 1. The van der Waals surface area contributed by atoms with Crippen molar-refractivity contribution in [2.24, 2.45) is 0 Å². The Balaban J connectivity index is 2.47. The summed E-state index contributed by atoms with van der Waals surface area (Å²) >= 11 is 7.40. The molecule has 4 nitrogen and oxygen atoms in total. The van der Waals surface area contributed by atoms with Crippen molar-refractivity contribution >= 4 is 39.2 Å². The lowest BCUT2D eigenvalue weighted by Crippen LogP contribution is -2.13. The van der Waals surface area contributed by atoms with Crippen LogP contribution in [0.3, 0.4) is 0 Å². The van der Waals surface area contributed by atoms with Crippen LogP contribution in [0.25, 0.3) is 0 Å². The van der Waals surface area contributed by atoms with Crippen LogP contribution in [0.2, 0.25) is 5.02 Å². The van der Waals surface area contributed by atoms with Crippen LogP contribution in [-0.4, -0.2) is 29.8 Å². The fraction of sp³-hybridized carbons (Fsp3) is 0.417. The molecular formula is C12H13ClO4S2. The van der Waals surface area contributed by atoms with Gasteiger partial charge in [0, 0.05) is 6.42 Å². The van der Waals surface area contributed by atoms with E-state index in [4.69, 9.17) is 16.7 Å². The fourth-order valence-corrected chi connectivity index (χ4v) is 5.98. The molecule has 1 aromatic carbocycles. The van der Waals surface area contributed by atoms with E-state index in [1.807, 2.05) is 6.92 Å². The highest BCUT2D eigenvalue weighted by Crippen LogP contribution is 2.41. The van der Waals surface area contributed by atoms with Gasteiger partial charge in [-0.2, -0.15) is 0 Å². The molecule has 19 heavy (non-hydrogen) atoms. The first-order valence-electron chi connectivity index (χ1n) is 5.79. The minimum Gasteiger partial charge on any atom is -0.478 e. The van der Waals surface area contributed by atoms with E-state index in [1.54, 1.807) is 0 Å². The van der Waals surface area contributed by atoms with Crippen molar-refractivity contribution in [3.05, 3.63) is 28.3 Å². The SMILES string of the molecule is CCCSC1Cc2c(ccc(C(=O)O)c2Cl)S1(=O)=O. The number of sulfone groups is 1. The number of hydrogen-bond donors (Lipinski definition) is 1. The van der Waals surface area contributed by atoms with E-state index >= 15 is 0 Å². The largest absolute Gasteiger partial charge is 0.478 e. The molecule has 0 saturated heterocycles. The van der Waals surface area contributed by atoms with Crippen LogP contribution >= 0.6 is 23.4 Å². The molecule has 7 heteroatoms. The van der Waals surface area contributed by atoms with Gasteiger partial charge in [0.25, 0.3) is 0 Å². The number of fused-ring (bicyclic) bond motifs is 1. The fourth-order valence-electron chi connectivity index (χ4n) is 2.04. The molecule has 0 radical (unpaired) electrons. The zero-order valence-electron chi connectivity index (χ0n) is 10.2. The first kappa shape index (κ1) is 14.7. The lowest BCUT2D eigenvalue weighted by Gasteiger charge is -2.07. The standard InChI is InChI=1S/C12H13ClO4S2/c1-2-5-18-10-6-8-9(19(10,16)17)4-3-7(11(8)13)12(14)15/h3-4,10H,2,5-6H2,1H3,(H,14,15). The van der Waals surface area contributed by atoms with Crippen molar-refractivity contribution in [2.45, 2.75) is 29.2 Å². The van der Waals surface area contributed by atoms with Gasteiger partial charge in [-0.05, 0) is 29.9 Å². The van der Waals surface area contributed by atoms with E-state index in [0.717, 1.165) is 12.2 Å². The Morgan fingerprint density at radius 2 is 2.21 bits per heavy atom. The van der Waals surface area contributed by atoms with Crippen LogP contribution < -0.4 is 0 Å². The highest BCUT2D eigenvalue weighted by Gasteiger charge is 2.39. The van der Waals surface area contributed by atoms with Gasteiger partial charge in [-0.25, -0.2) is 13.2 Å². The molecule has 0 spiro atoms. The second-order valence-electron chi connectivity index (χ2n) is 4.26. The summed E-state index contributed by atoms with van der Waals surface area (Å²) in [7, 11) is -3.40. The molecule has 0 aliphatic carbocycles. The van der Waals surface area contributed by atoms with Gasteiger partial charge < -0.3 is 5.11 Å². The Hall–Kier alpha value is -0.720. The van der Waals surface area contributed by atoms with Gasteiger partial charge in [0.1, 0.15) is 4.58 Å². The third-order valence-corrected chi connectivity index (χ3v) is 7.60. The van der Waals surface area contributed by atoms with Crippen molar-refractivity contribution in [2.75, 3.05) is 5.75 Å². The molecule has 1 aliphatic heterocycles. The molecule has 1 atom stereocenters. The maximum absolute atomic E-state index is 12.3. The normalized spacial score (nSPS) is 20.2. The van der Waals surface area contributed by atoms with E-state index < -0.39 is 20.4 Å². The van der Waals surface area contributed by atoms with Crippen molar-refractivity contribution in [1.82, 2.24) is 0 Å². The van der Waals surface area contributed by atoms with Gasteiger partial charge in [-0.15, -0.1) is 11.8 Å². The van der Waals surface area contributed by atoms with Gasteiger partial charge >= 0.3 is 5.97 Å². The quantitative estimate of drug-likeness (QED) is 0.923. The van der Waals surface area contributed by atoms with E-state index in [9.17, 15) is 13.2 Å². The molecular weight excluding hydrogens is 308 g/mol. The van der Waals surface area contributed by atoms with Crippen LogP contribution in [0.1, 0.15) is 29.3 Å². The van der Waals surface area contributed by atoms with Crippen molar-refractivity contribution in [3.63, 3.8) is 0 Å². The van der Waals surface area contributed by atoms with Crippen LogP contribution in [0.4, 0.5) is 0 Å². The summed E-state index contributed by atoms with van der Waals surface area (Å²) in [5, 5.41) is 9.04. The Morgan fingerprint density at radius 1 is 1.53 bits per heavy atom. The number of carboxylic acid groups (broad SMARTS) is 1. The Labute approximate surface area is 121 Å². The molecule has 1 N–H and O–H groups in total. The average Bonchev–Trinajstić information content (AvgIpc) is 2.59. The number of rotatable bonds is 4. The van der Waals surface area contributed by atoms with E-state index in [0.29, 0.717) is 5.56 Å². The Bertz CT molecular complexity index is 625. The molecule has 0 fully saturated rings. The molecule has 1 aromatic rings. The van der Waals surface area contributed by atoms with E-state index in [-0.39, 0.29) is 21.9 Å². The number of benzene rings is 1. The Morgan fingerprint density at radius 3 is 2.79 bits per heavy atom. The highest BCUT2D eigenvalue weighted by atomic mass is 35.5. The summed E-state index contributed by atoms with van der Waals surface area (Å²) in [6.07, 6.45) is 1.17. The lowest BCUT2D eigenvalue weighted by molar-refractivity contribution is 0.0697. The molecule has 0 saturated carbocycles. The van der Waals surface area contributed by atoms with Crippen LogP contribution in [0.5, 0.6) is 0 Å². The zero-order chi connectivity index (χ0) is 14.2. The average molecular weight is 321 g/mol. The molecule has 104 valence electrons. The zero-order valence-corrected chi connectivity index (χ0v) is 12.6. The summed E-state index contributed by atoms with van der Waals surface area (Å²) in [6.45, 7) is 1.98. The first-order valence-corrected chi connectivity index (χ1v) is 8.77. The maximum atomic E-state index is 12.3. The lowest BCUT2D eigenvalue weighted by atomic mass is 10.1. The van der Waals surface area contributed by atoms with Gasteiger partial charge in [0.15, 0.2) is 9.84 Å². The molecule has 2 rings (SSSR count). The number of carbonyl (C=O) groups is 1. The molecule has 1 heterocycles. The molecule has 0 aromatic heterocycles. The van der Waals surface area contributed by atoms with Gasteiger partial charge in [0.05, 0.1) is 15.5 Å². The molecule has 0 amide bonds. The highest BCUT2D eigenvalue weighted by molar-refractivity contribution is 8.13. The summed E-state index contributed by atoms with van der Waals surface area (Å²) in [5.41, 5.74) is 0.395. The third-order valence-electron chi connectivity index (χ3n) is 2.96. The third kappa shape index (κ3) is 2.49. The summed E-state index contributed by atoms with van der Waals surface area (Å²) < 4.78 is 24.0. The van der Waals surface area contributed by atoms with Gasteiger partial charge in [-0.1, -0.05) is 18.5 Å². The smallest absolute Gasteiger partial charge is 0.337 e. The molecule has 1 unspecified atom stereocenters. The van der Waals surface area contributed by atoms with E-state index in [2.05, 4.69) is 0 Å². The van der Waals surface area contributed by atoms with E-state index in [1.165, 1.54) is 23.9 Å². The number of halogens is 1. The predicted molar refractivity (Wildman–Crippen MR) is 75.8 cm³/mol. The summed E-state index contributed by atoms with van der Waals surface area (Å²) in [5.74, 6) is -0.392. The summed E-state index contributed by atoms with van der Waals surface area (Å²) in [6, 6.07) is 2.61. The minimum atomic E-state index is -3.40. The molecule has 0 bridgehead atoms. The number of carboxylic acids is 1. The van der Waals surface area contributed by atoms with Crippen molar-refractivity contribution < 1.29 is 18.3 Å². The topological polar surface area (TPSA) is 71.4 Å². The van der Waals surface area contributed by atoms with Crippen molar-refractivity contribution in [1.29, 1.82) is 0 Å². The second kappa shape index (κ2) is 5.34. The number of hydrogen-bond acceptors (Lipinski definition) is 4. The van der Waals surface area contributed by atoms with Gasteiger partial charge in [0.2, 0.25) is 0 Å². The number of thioether (sulfide) groups is 1. The minimum absolute atomic E-state index is 0.0447. The predicted octanol–water partition coefficient (Wildman–Crippen LogP) is 2.84. The summed E-state index contributed by atoms with van der Waals surface area (Å²) in [4.78, 5) is 11.2. The van der Waals surface area contributed by atoms with Crippen molar-refractivity contribution in [3.8, 4) is 0 Å². The maximum Gasteiger partial charge on any atom is 0.337 e. The van der Waals surface area contributed by atoms with Crippen LogP contribution in [0, 0.1) is 0 Å². The first-order chi connectivity index (χ1) is 8.89. The Kier molecular flexibility index (Phi) is 4.13. The van der Waals surface area contributed by atoms with Gasteiger partial charge in [-0.3, -0.25) is 0 Å². The second-order valence-corrected chi connectivity index (χ2v) is 8.34. The molecule has 1 aliphatic rings. The van der Waals surface area contributed by atoms with Crippen LogP contribution in [0.15, 0.2) is 17.0 Å². The monoisotopic (exact) mass is 320 g/mol. The van der Waals surface area contributed by atoms with Crippen LogP contribution in [-0.2, 0) is 16.3 Å².